The number of hydrogen-bond acceptors (Lipinski definition) is 3. The summed E-state index contributed by atoms with van der Waals surface area (Å²) in [5.41, 5.74) is 0. The first-order valence-electron chi connectivity index (χ1n) is 6.22. The largest absolute Gasteiger partial charge is 0.320 e. The molecule has 0 saturated carbocycles. The predicted octanol–water partition coefficient (Wildman–Crippen LogP) is 0.868. The van der Waals surface area contributed by atoms with Crippen LogP contribution < -0.4 is 5.32 Å². The highest BCUT2D eigenvalue weighted by molar-refractivity contribution is 4.82. The molecule has 0 aromatic heterocycles. The molecule has 1 aliphatic heterocycles. The summed E-state index contributed by atoms with van der Waals surface area (Å²) in [5.74, 6) is 0.766. The molecule has 0 aromatic rings. The van der Waals surface area contributed by atoms with E-state index in [2.05, 4.69) is 36.0 Å². The Labute approximate surface area is 94.8 Å². The van der Waals surface area contributed by atoms with Gasteiger partial charge in [-0.15, -0.1) is 0 Å². The molecule has 0 spiro atoms. The summed E-state index contributed by atoms with van der Waals surface area (Å²) in [6, 6.07) is 0.744. The van der Waals surface area contributed by atoms with Gasteiger partial charge in [-0.3, -0.25) is 0 Å². The van der Waals surface area contributed by atoms with Crippen LogP contribution in [0.3, 0.4) is 0 Å². The third-order valence-corrected chi connectivity index (χ3v) is 3.45. The maximum atomic E-state index is 3.21. The molecule has 0 amide bonds. The van der Waals surface area contributed by atoms with Gasteiger partial charge in [0, 0.05) is 25.7 Å². The second-order valence-electron chi connectivity index (χ2n) is 5.05. The molecule has 15 heavy (non-hydrogen) atoms. The Balaban J connectivity index is 2.30. The van der Waals surface area contributed by atoms with E-state index >= 15 is 0 Å². The minimum atomic E-state index is 0.744. The molecule has 1 heterocycles. The van der Waals surface area contributed by atoms with E-state index in [1.807, 2.05) is 7.05 Å². The Kier molecular flexibility index (Phi) is 5.58. The fourth-order valence-corrected chi connectivity index (χ4v) is 2.36. The van der Waals surface area contributed by atoms with Crippen molar-refractivity contribution in [3.63, 3.8) is 0 Å². The molecule has 1 rings (SSSR count). The zero-order valence-electron chi connectivity index (χ0n) is 10.8. The molecule has 3 heteroatoms. The van der Waals surface area contributed by atoms with E-state index in [0.29, 0.717) is 0 Å². The molecule has 1 unspecified atom stereocenters. The molecule has 0 bridgehead atoms. The molecule has 0 radical (unpaired) electrons. The van der Waals surface area contributed by atoms with Gasteiger partial charge in [0.1, 0.15) is 0 Å². The molecule has 1 N–H and O–H groups in total. The Morgan fingerprint density at radius 2 is 2.07 bits per heavy atom. The molecule has 1 fully saturated rings. The van der Waals surface area contributed by atoms with Gasteiger partial charge in [0.05, 0.1) is 0 Å². The van der Waals surface area contributed by atoms with Crippen molar-refractivity contribution in [2.24, 2.45) is 5.92 Å². The number of rotatable bonds is 5. The lowest BCUT2D eigenvalue weighted by Gasteiger charge is -2.41. The summed E-state index contributed by atoms with van der Waals surface area (Å²) in [6.07, 6.45) is 1.27. The molecule has 3 nitrogen and oxygen atoms in total. The van der Waals surface area contributed by atoms with Crippen molar-refractivity contribution >= 4 is 0 Å². The van der Waals surface area contributed by atoms with Gasteiger partial charge in [-0.1, -0.05) is 13.8 Å². The van der Waals surface area contributed by atoms with E-state index in [1.54, 1.807) is 0 Å². The van der Waals surface area contributed by atoms with Crippen molar-refractivity contribution in [2.75, 3.05) is 46.8 Å². The van der Waals surface area contributed by atoms with E-state index in [9.17, 15) is 0 Å². The van der Waals surface area contributed by atoms with Crippen LogP contribution in [-0.2, 0) is 0 Å². The second-order valence-corrected chi connectivity index (χ2v) is 5.05. The smallest absolute Gasteiger partial charge is 0.0243 e. The van der Waals surface area contributed by atoms with Gasteiger partial charge in [0.2, 0.25) is 0 Å². The summed E-state index contributed by atoms with van der Waals surface area (Å²) in [7, 11) is 4.29. The third-order valence-electron chi connectivity index (χ3n) is 3.45. The first-order valence-corrected chi connectivity index (χ1v) is 6.22. The van der Waals surface area contributed by atoms with E-state index in [0.717, 1.165) is 18.5 Å². The maximum Gasteiger partial charge on any atom is 0.0243 e. The minimum absolute atomic E-state index is 0.744. The molecule has 90 valence electrons. The average molecular weight is 213 g/mol. The standard InChI is InChI=1S/C12H27N3/c1-11(2)12-10-15(7-5-6-13-3)9-8-14(12)4/h11-13H,5-10H2,1-4H3. The lowest BCUT2D eigenvalue weighted by atomic mass is 10.00. The van der Waals surface area contributed by atoms with Gasteiger partial charge in [-0.25, -0.2) is 0 Å². The van der Waals surface area contributed by atoms with E-state index < -0.39 is 0 Å². The summed E-state index contributed by atoms with van der Waals surface area (Å²) in [6.45, 7) is 10.8. The highest BCUT2D eigenvalue weighted by Gasteiger charge is 2.25. The first kappa shape index (κ1) is 12.9. The monoisotopic (exact) mass is 213 g/mol. The molecule has 1 saturated heterocycles. The number of nitrogens with one attached hydrogen (secondary N) is 1. The topological polar surface area (TPSA) is 18.5 Å². The lowest BCUT2D eigenvalue weighted by molar-refractivity contribution is 0.0695. The van der Waals surface area contributed by atoms with Gasteiger partial charge in [0.15, 0.2) is 0 Å². The van der Waals surface area contributed by atoms with Gasteiger partial charge >= 0.3 is 0 Å². The van der Waals surface area contributed by atoms with Crippen LogP contribution in [0.25, 0.3) is 0 Å². The van der Waals surface area contributed by atoms with Crippen molar-refractivity contribution < 1.29 is 0 Å². The molecular weight excluding hydrogens is 186 g/mol. The molecule has 0 aliphatic carbocycles. The van der Waals surface area contributed by atoms with Gasteiger partial charge < -0.3 is 15.1 Å². The van der Waals surface area contributed by atoms with Crippen LogP contribution in [0.15, 0.2) is 0 Å². The molecule has 1 atom stereocenters. The molecule has 0 aromatic carbocycles. The third kappa shape index (κ3) is 4.09. The van der Waals surface area contributed by atoms with Crippen molar-refractivity contribution in [1.29, 1.82) is 0 Å². The molecule has 1 aliphatic rings. The Morgan fingerprint density at radius 1 is 1.33 bits per heavy atom. The van der Waals surface area contributed by atoms with Crippen LogP contribution in [0.5, 0.6) is 0 Å². The highest BCUT2D eigenvalue weighted by Crippen LogP contribution is 2.15. The lowest BCUT2D eigenvalue weighted by Crippen LogP contribution is -2.53. The van der Waals surface area contributed by atoms with Crippen molar-refractivity contribution in [2.45, 2.75) is 26.3 Å². The van der Waals surface area contributed by atoms with E-state index in [4.69, 9.17) is 0 Å². The summed E-state index contributed by atoms with van der Waals surface area (Å²) in [4.78, 5) is 5.13. The van der Waals surface area contributed by atoms with Crippen LogP contribution in [0.1, 0.15) is 20.3 Å². The van der Waals surface area contributed by atoms with Gasteiger partial charge in [-0.2, -0.15) is 0 Å². The fourth-order valence-electron chi connectivity index (χ4n) is 2.36. The fraction of sp³-hybridized carbons (Fsp3) is 1.00. The van der Waals surface area contributed by atoms with Crippen LogP contribution in [0, 0.1) is 5.92 Å². The first-order chi connectivity index (χ1) is 7.15. The number of piperazine rings is 1. The number of nitrogens with zero attached hydrogens (tertiary/aromatic N) is 2. The van der Waals surface area contributed by atoms with Crippen molar-refractivity contribution in [3.05, 3.63) is 0 Å². The number of likely N-dealkylation sites (N-methyl/N-ethyl adjacent to an activating group) is 1. The SMILES string of the molecule is CNCCCN1CCN(C)C(C(C)C)C1. The number of hydrogen-bond donors (Lipinski definition) is 1. The van der Waals surface area contributed by atoms with Crippen molar-refractivity contribution in [3.8, 4) is 0 Å². The maximum absolute atomic E-state index is 3.21. The van der Waals surface area contributed by atoms with Gasteiger partial charge in [-0.05, 0) is 39.5 Å². The summed E-state index contributed by atoms with van der Waals surface area (Å²) in [5, 5.41) is 3.21. The highest BCUT2D eigenvalue weighted by atomic mass is 15.3. The summed E-state index contributed by atoms with van der Waals surface area (Å²) < 4.78 is 0. The zero-order valence-corrected chi connectivity index (χ0v) is 10.8. The normalized spacial score (nSPS) is 25.0. The zero-order chi connectivity index (χ0) is 11.3. The van der Waals surface area contributed by atoms with E-state index in [1.165, 1.54) is 32.6 Å². The Hall–Kier alpha value is -0.120. The van der Waals surface area contributed by atoms with Crippen LogP contribution >= 0.6 is 0 Å². The minimum Gasteiger partial charge on any atom is -0.320 e. The van der Waals surface area contributed by atoms with Crippen molar-refractivity contribution in [1.82, 2.24) is 15.1 Å². The Bertz CT molecular complexity index is 170. The summed E-state index contributed by atoms with van der Waals surface area (Å²) >= 11 is 0. The predicted molar refractivity (Wildman–Crippen MR) is 66.2 cm³/mol. The molecular formula is C12H27N3. The Morgan fingerprint density at radius 3 is 2.67 bits per heavy atom. The quantitative estimate of drug-likeness (QED) is 0.684. The van der Waals surface area contributed by atoms with Crippen LogP contribution in [0.2, 0.25) is 0 Å². The second kappa shape index (κ2) is 6.46. The van der Waals surface area contributed by atoms with Gasteiger partial charge in [0.25, 0.3) is 0 Å². The van der Waals surface area contributed by atoms with E-state index in [-0.39, 0.29) is 0 Å². The van der Waals surface area contributed by atoms with Crippen LogP contribution in [-0.4, -0.2) is 62.7 Å². The average Bonchev–Trinajstić information content (AvgIpc) is 2.20. The van der Waals surface area contributed by atoms with Crippen LogP contribution in [0.4, 0.5) is 0 Å².